The molecule has 0 radical (unpaired) electrons. The third kappa shape index (κ3) is 6.43. The summed E-state index contributed by atoms with van der Waals surface area (Å²) < 4.78 is 39.3. The normalized spacial score (nSPS) is 12.2. The highest BCUT2D eigenvalue weighted by atomic mass is 32.2. The number of hydrogen-bond acceptors (Lipinski definition) is 5. The Hall–Kier alpha value is -3.52. The van der Waals surface area contributed by atoms with E-state index < -0.39 is 15.9 Å². The number of nitrogens with zero attached hydrogens (tertiary/aromatic N) is 1. The van der Waals surface area contributed by atoms with Crippen molar-refractivity contribution in [3.05, 3.63) is 82.9 Å². The topological polar surface area (TPSA) is 84.9 Å². The first kappa shape index (κ1) is 28.1. The van der Waals surface area contributed by atoms with Gasteiger partial charge in [0.15, 0.2) is 0 Å². The second kappa shape index (κ2) is 11.7. The minimum absolute atomic E-state index is 0.106. The van der Waals surface area contributed by atoms with E-state index in [0.29, 0.717) is 11.4 Å². The Balaban J connectivity index is 1.93. The zero-order chi connectivity index (χ0) is 27.3. The molecule has 8 heteroatoms. The van der Waals surface area contributed by atoms with Crippen LogP contribution in [-0.2, 0) is 14.8 Å². The summed E-state index contributed by atoms with van der Waals surface area (Å²) in [5.74, 6) is 1.11. The van der Waals surface area contributed by atoms with E-state index in [2.05, 4.69) is 19.2 Å². The van der Waals surface area contributed by atoms with Crippen molar-refractivity contribution in [2.45, 2.75) is 51.5 Å². The van der Waals surface area contributed by atoms with Crippen LogP contribution < -0.4 is 19.1 Å². The van der Waals surface area contributed by atoms with Gasteiger partial charge in [-0.1, -0.05) is 37.6 Å². The summed E-state index contributed by atoms with van der Waals surface area (Å²) in [5, 5.41) is 2.99. The van der Waals surface area contributed by atoms with Gasteiger partial charge in [0.2, 0.25) is 5.91 Å². The van der Waals surface area contributed by atoms with Gasteiger partial charge in [-0.3, -0.25) is 9.10 Å². The van der Waals surface area contributed by atoms with Gasteiger partial charge >= 0.3 is 0 Å². The number of sulfonamides is 1. The van der Waals surface area contributed by atoms with Gasteiger partial charge in [-0.05, 0) is 79.8 Å². The molecule has 0 bridgehead atoms. The van der Waals surface area contributed by atoms with E-state index in [1.165, 1.54) is 7.11 Å². The molecule has 0 aliphatic rings. The van der Waals surface area contributed by atoms with E-state index >= 15 is 0 Å². The van der Waals surface area contributed by atoms with Gasteiger partial charge in [0.25, 0.3) is 10.0 Å². The van der Waals surface area contributed by atoms with Crippen molar-refractivity contribution in [1.82, 2.24) is 5.32 Å². The second-order valence-electron chi connectivity index (χ2n) is 9.42. The molecule has 1 N–H and O–H groups in total. The van der Waals surface area contributed by atoms with Crippen molar-refractivity contribution in [2.75, 3.05) is 25.1 Å². The van der Waals surface area contributed by atoms with E-state index in [0.717, 1.165) is 32.3 Å². The lowest BCUT2D eigenvalue weighted by molar-refractivity contribution is -0.120. The largest absolute Gasteiger partial charge is 0.497 e. The van der Waals surface area contributed by atoms with Gasteiger partial charge in [-0.25, -0.2) is 8.42 Å². The quantitative estimate of drug-likeness (QED) is 0.378. The maximum Gasteiger partial charge on any atom is 0.264 e. The minimum Gasteiger partial charge on any atom is -0.497 e. The number of rotatable bonds is 10. The lowest BCUT2D eigenvalue weighted by Gasteiger charge is -2.26. The summed E-state index contributed by atoms with van der Waals surface area (Å²) in [5.41, 5.74) is 4.25. The molecule has 0 spiro atoms. The zero-order valence-electron chi connectivity index (χ0n) is 22.5. The molecule has 1 atom stereocenters. The van der Waals surface area contributed by atoms with Crippen molar-refractivity contribution in [3.63, 3.8) is 0 Å². The number of hydrogen-bond donors (Lipinski definition) is 1. The molecule has 1 amide bonds. The standard InChI is InChI=1S/C29H36N2O5S/c1-19(2)26-17-27(21(4)15-28(26)36-7)22(5)30-29(32)18-31(23-9-8-10-24(16-23)35-6)37(33,34)25-13-11-20(3)12-14-25/h8-17,19,22H,18H2,1-7H3,(H,30,32)/t22-/m0/s1. The predicted octanol–water partition coefficient (Wildman–Crippen LogP) is 5.52. The highest BCUT2D eigenvalue weighted by Crippen LogP contribution is 2.32. The van der Waals surface area contributed by atoms with E-state index in [1.54, 1.807) is 55.6 Å². The molecule has 0 heterocycles. The fourth-order valence-electron chi connectivity index (χ4n) is 4.22. The van der Waals surface area contributed by atoms with Crippen LogP contribution in [0, 0.1) is 13.8 Å². The van der Waals surface area contributed by atoms with Crippen molar-refractivity contribution in [3.8, 4) is 11.5 Å². The van der Waals surface area contributed by atoms with Gasteiger partial charge in [0, 0.05) is 6.07 Å². The summed E-state index contributed by atoms with van der Waals surface area (Å²) in [6.45, 7) is 9.53. The van der Waals surface area contributed by atoms with Crippen LogP contribution in [0.4, 0.5) is 5.69 Å². The molecular weight excluding hydrogens is 488 g/mol. The fourth-order valence-corrected chi connectivity index (χ4v) is 5.64. The van der Waals surface area contributed by atoms with E-state index in [9.17, 15) is 13.2 Å². The van der Waals surface area contributed by atoms with Gasteiger partial charge in [-0.15, -0.1) is 0 Å². The molecule has 0 aliphatic carbocycles. The molecule has 7 nitrogen and oxygen atoms in total. The smallest absolute Gasteiger partial charge is 0.264 e. The van der Waals surface area contributed by atoms with Crippen molar-refractivity contribution < 1.29 is 22.7 Å². The maximum atomic E-state index is 13.7. The van der Waals surface area contributed by atoms with Crippen LogP contribution in [0.2, 0.25) is 0 Å². The van der Waals surface area contributed by atoms with Crippen LogP contribution in [-0.4, -0.2) is 35.1 Å². The Kier molecular flexibility index (Phi) is 8.86. The molecule has 0 aromatic heterocycles. The number of benzene rings is 3. The van der Waals surface area contributed by atoms with Gasteiger partial charge in [0.05, 0.1) is 30.8 Å². The van der Waals surface area contributed by atoms with Gasteiger partial charge < -0.3 is 14.8 Å². The van der Waals surface area contributed by atoms with E-state index in [-0.39, 0.29) is 23.4 Å². The van der Waals surface area contributed by atoms with Crippen LogP contribution in [0.3, 0.4) is 0 Å². The van der Waals surface area contributed by atoms with Crippen molar-refractivity contribution in [1.29, 1.82) is 0 Å². The lowest BCUT2D eigenvalue weighted by Crippen LogP contribution is -2.41. The summed E-state index contributed by atoms with van der Waals surface area (Å²) >= 11 is 0. The minimum atomic E-state index is -4.03. The van der Waals surface area contributed by atoms with Crippen LogP contribution >= 0.6 is 0 Å². The number of amides is 1. The number of aryl methyl sites for hydroxylation is 2. The summed E-state index contributed by atoms with van der Waals surface area (Å²) in [6.07, 6.45) is 0. The molecule has 0 saturated carbocycles. The zero-order valence-corrected chi connectivity index (χ0v) is 23.3. The maximum absolute atomic E-state index is 13.7. The molecule has 3 aromatic carbocycles. The van der Waals surface area contributed by atoms with E-state index in [4.69, 9.17) is 9.47 Å². The molecule has 37 heavy (non-hydrogen) atoms. The highest BCUT2D eigenvalue weighted by Gasteiger charge is 2.28. The summed E-state index contributed by atoms with van der Waals surface area (Å²) in [7, 11) is -0.871. The second-order valence-corrected chi connectivity index (χ2v) is 11.3. The van der Waals surface area contributed by atoms with Crippen LogP contribution in [0.25, 0.3) is 0 Å². The first-order chi connectivity index (χ1) is 17.5. The molecule has 3 aromatic rings. The summed E-state index contributed by atoms with van der Waals surface area (Å²) in [4.78, 5) is 13.4. The lowest BCUT2D eigenvalue weighted by atomic mass is 9.93. The molecule has 198 valence electrons. The Bertz CT molecular complexity index is 1350. The Morgan fingerprint density at radius 1 is 0.919 bits per heavy atom. The first-order valence-electron chi connectivity index (χ1n) is 12.2. The van der Waals surface area contributed by atoms with Gasteiger partial charge in [0.1, 0.15) is 18.0 Å². The molecule has 0 saturated heterocycles. The first-order valence-corrected chi connectivity index (χ1v) is 13.6. The number of ether oxygens (including phenoxy) is 2. The number of carbonyl (C=O) groups is 1. The third-order valence-corrected chi connectivity index (χ3v) is 8.11. The summed E-state index contributed by atoms with van der Waals surface area (Å²) in [6, 6.07) is 16.9. The Morgan fingerprint density at radius 2 is 1.59 bits per heavy atom. The number of carbonyl (C=O) groups excluding carboxylic acids is 1. The molecular formula is C29H36N2O5S. The van der Waals surface area contributed by atoms with E-state index in [1.807, 2.05) is 32.9 Å². The van der Waals surface area contributed by atoms with Gasteiger partial charge in [-0.2, -0.15) is 0 Å². The average molecular weight is 525 g/mol. The third-order valence-electron chi connectivity index (χ3n) is 6.32. The van der Waals surface area contributed by atoms with Crippen LogP contribution in [0.5, 0.6) is 11.5 Å². The average Bonchev–Trinajstić information content (AvgIpc) is 2.86. The van der Waals surface area contributed by atoms with Crippen molar-refractivity contribution in [2.24, 2.45) is 0 Å². The monoisotopic (exact) mass is 524 g/mol. The predicted molar refractivity (Wildman–Crippen MR) is 147 cm³/mol. The molecule has 0 unspecified atom stereocenters. The molecule has 3 rings (SSSR count). The molecule has 0 fully saturated rings. The number of anilines is 1. The SMILES string of the molecule is COc1cccc(N(CC(=O)N[C@@H](C)c2cc(C(C)C)c(OC)cc2C)S(=O)(=O)c2ccc(C)cc2)c1. The number of methoxy groups -OCH3 is 2. The highest BCUT2D eigenvalue weighted by molar-refractivity contribution is 7.92. The Morgan fingerprint density at radius 3 is 2.19 bits per heavy atom. The van der Waals surface area contributed by atoms with Crippen LogP contribution in [0.15, 0.2) is 65.6 Å². The number of nitrogens with one attached hydrogen (secondary N) is 1. The Labute approximate surface area is 220 Å². The molecule has 0 aliphatic heterocycles. The fraction of sp³-hybridized carbons (Fsp3) is 0.345. The van der Waals surface area contributed by atoms with Crippen LogP contribution in [0.1, 0.15) is 55.0 Å². The van der Waals surface area contributed by atoms with Crippen molar-refractivity contribution >= 4 is 21.6 Å².